The zero-order valence-corrected chi connectivity index (χ0v) is 8.67. The van der Waals surface area contributed by atoms with Gasteiger partial charge in [-0.05, 0) is 0 Å². The smallest absolute Gasteiger partial charge is 0.327 e. The fourth-order valence-corrected chi connectivity index (χ4v) is 1.01. The number of terminal acetylenes is 1. The molecule has 0 aliphatic carbocycles. The number of hydrogen-bond donors (Lipinski definition) is 2. The third-order valence-electron chi connectivity index (χ3n) is 1.76. The summed E-state index contributed by atoms with van der Waals surface area (Å²) in [6.07, 6.45) is 7.94. The molecule has 6 heteroatoms. The van der Waals surface area contributed by atoms with Gasteiger partial charge in [0.2, 0.25) is 5.88 Å². The van der Waals surface area contributed by atoms with Crippen molar-refractivity contribution in [2.45, 2.75) is 12.5 Å². The Kier molecular flexibility index (Phi) is 4.09. The maximum atomic E-state index is 10.8. The lowest BCUT2D eigenvalue weighted by Crippen LogP contribution is -2.29. The summed E-state index contributed by atoms with van der Waals surface area (Å²) in [5.74, 6) is 1.84. The van der Waals surface area contributed by atoms with Gasteiger partial charge in [-0.15, -0.1) is 12.3 Å². The minimum absolute atomic E-state index is 0.0637. The van der Waals surface area contributed by atoms with Crippen LogP contribution >= 0.6 is 0 Å². The molecule has 0 aromatic carbocycles. The normalized spacial score (nSPS) is 11.2. The summed E-state index contributed by atoms with van der Waals surface area (Å²) < 4.78 is 4.86. The van der Waals surface area contributed by atoms with Crippen LogP contribution < -0.4 is 10.1 Å². The number of nitrogens with zero attached hydrogens (tertiary/aromatic N) is 2. The van der Waals surface area contributed by atoms with Gasteiger partial charge in [0.15, 0.2) is 0 Å². The van der Waals surface area contributed by atoms with Crippen LogP contribution in [0.25, 0.3) is 0 Å². The van der Waals surface area contributed by atoms with Gasteiger partial charge in [0.25, 0.3) is 0 Å². The number of ether oxygens (including phenoxy) is 1. The number of aromatic nitrogens is 2. The lowest BCUT2D eigenvalue weighted by molar-refractivity contribution is -0.137. The molecule has 1 atom stereocenters. The lowest BCUT2D eigenvalue weighted by atomic mass is 10.2. The molecule has 0 saturated heterocycles. The van der Waals surface area contributed by atoms with E-state index in [9.17, 15) is 4.79 Å². The van der Waals surface area contributed by atoms with Crippen molar-refractivity contribution >= 4 is 11.8 Å². The van der Waals surface area contributed by atoms with Gasteiger partial charge in [-0.25, -0.2) is 4.79 Å². The molecule has 0 amide bonds. The van der Waals surface area contributed by atoms with Crippen LogP contribution in [0.5, 0.6) is 5.88 Å². The number of methoxy groups -OCH3 is 1. The average Bonchev–Trinajstić information content (AvgIpc) is 2.28. The first-order valence-electron chi connectivity index (χ1n) is 4.46. The molecule has 0 radical (unpaired) electrons. The van der Waals surface area contributed by atoms with E-state index in [1.54, 1.807) is 0 Å². The van der Waals surface area contributed by atoms with Gasteiger partial charge in [-0.1, -0.05) is 0 Å². The summed E-state index contributed by atoms with van der Waals surface area (Å²) in [4.78, 5) is 18.6. The predicted molar refractivity (Wildman–Crippen MR) is 57.1 cm³/mol. The molecule has 16 heavy (non-hydrogen) atoms. The average molecular weight is 221 g/mol. The molecule has 1 unspecified atom stereocenters. The van der Waals surface area contributed by atoms with Crippen LogP contribution in [-0.2, 0) is 4.79 Å². The Balaban J connectivity index is 2.77. The molecule has 1 aromatic heterocycles. The largest absolute Gasteiger partial charge is 0.480 e. The van der Waals surface area contributed by atoms with Crippen molar-refractivity contribution in [2.75, 3.05) is 12.4 Å². The fourth-order valence-electron chi connectivity index (χ4n) is 1.01. The Labute approximate surface area is 92.7 Å². The molecule has 0 bridgehead atoms. The highest BCUT2D eigenvalue weighted by Crippen LogP contribution is 2.10. The third kappa shape index (κ3) is 3.13. The van der Waals surface area contributed by atoms with E-state index in [1.807, 2.05) is 0 Å². The Morgan fingerprint density at radius 2 is 2.50 bits per heavy atom. The molecule has 1 heterocycles. The van der Waals surface area contributed by atoms with Gasteiger partial charge in [0.05, 0.1) is 19.5 Å². The van der Waals surface area contributed by atoms with Crippen molar-refractivity contribution in [3.63, 3.8) is 0 Å². The summed E-state index contributed by atoms with van der Waals surface area (Å²) in [7, 11) is 1.45. The van der Waals surface area contributed by atoms with E-state index in [-0.39, 0.29) is 6.42 Å². The molecular weight excluding hydrogens is 210 g/mol. The second-order valence-corrected chi connectivity index (χ2v) is 2.89. The first-order chi connectivity index (χ1) is 7.67. The highest BCUT2D eigenvalue weighted by atomic mass is 16.5. The van der Waals surface area contributed by atoms with E-state index in [0.717, 1.165) is 0 Å². The van der Waals surface area contributed by atoms with E-state index >= 15 is 0 Å². The molecule has 0 aliphatic heterocycles. The lowest BCUT2D eigenvalue weighted by Gasteiger charge is -2.12. The predicted octanol–water partition coefficient (Wildman–Crippen LogP) is 0.374. The van der Waals surface area contributed by atoms with Crippen molar-refractivity contribution in [2.24, 2.45) is 0 Å². The van der Waals surface area contributed by atoms with E-state index in [0.29, 0.717) is 11.7 Å². The van der Waals surface area contributed by atoms with Crippen molar-refractivity contribution in [1.29, 1.82) is 0 Å². The molecule has 6 nitrogen and oxygen atoms in total. The van der Waals surface area contributed by atoms with Crippen LogP contribution in [0.1, 0.15) is 6.42 Å². The number of anilines is 1. The summed E-state index contributed by atoms with van der Waals surface area (Å²) in [5.41, 5.74) is 0. The maximum Gasteiger partial charge on any atom is 0.327 e. The monoisotopic (exact) mass is 221 g/mol. The van der Waals surface area contributed by atoms with Gasteiger partial charge < -0.3 is 15.2 Å². The first-order valence-corrected chi connectivity index (χ1v) is 4.46. The zero-order chi connectivity index (χ0) is 12.0. The van der Waals surface area contributed by atoms with Gasteiger partial charge in [0.1, 0.15) is 11.9 Å². The molecule has 0 spiro atoms. The van der Waals surface area contributed by atoms with Crippen LogP contribution in [-0.4, -0.2) is 34.2 Å². The Morgan fingerprint density at radius 1 is 1.75 bits per heavy atom. The van der Waals surface area contributed by atoms with Crippen molar-refractivity contribution in [1.82, 2.24) is 9.97 Å². The van der Waals surface area contributed by atoms with E-state index in [1.165, 1.54) is 19.5 Å². The summed E-state index contributed by atoms with van der Waals surface area (Å²) >= 11 is 0. The topological polar surface area (TPSA) is 84.3 Å². The SMILES string of the molecule is C#CCC(Nc1cncc(OC)n1)C(=O)O. The molecule has 1 aromatic rings. The fraction of sp³-hybridized carbons (Fsp3) is 0.300. The number of carboxylic acid groups (broad SMARTS) is 1. The summed E-state index contributed by atoms with van der Waals surface area (Å²) in [5, 5.41) is 11.5. The second kappa shape index (κ2) is 5.56. The minimum atomic E-state index is -1.04. The van der Waals surface area contributed by atoms with Crippen LogP contribution in [0.15, 0.2) is 12.4 Å². The third-order valence-corrected chi connectivity index (χ3v) is 1.76. The maximum absolute atomic E-state index is 10.8. The molecule has 0 saturated carbocycles. The van der Waals surface area contributed by atoms with Crippen LogP contribution in [0.3, 0.4) is 0 Å². The highest BCUT2D eigenvalue weighted by Gasteiger charge is 2.16. The summed E-state index contributed by atoms with van der Waals surface area (Å²) in [6.45, 7) is 0. The minimum Gasteiger partial charge on any atom is -0.480 e. The quantitative estimate of drug-likeness (QED) is 0.699. The molecular formula is C10H11N3O3. The standard InChI is InChI=1S/C10H11N3O3/c1-3-4-7(10(14)15)12-8-5-11-6-9(13-8)16-2/h1,5-7H,4H2,2H3,(H,12,13)(H,14,15). The van der Waals surface area contributed by atoms with Gasteiger partial charge in [0, 0.05) is 6.42 Å². The second-order valence-electron chi connectivity index (χ2n) is 2.89. The molecule has 2 N–H and O–H groups in total. The van der Waals surface area contributed by atoms with Gasteiger partial charge >= 0.3 is 5.97 Å². The van der Waals surface area contributed by atoms with Gasteiger partial charge in [-0.3, -0.25) is 4.98 Å². The Bertz CT molecular complexity index is 414. The number of rotatable bonds is 5. The van der Waals surface area contributed by atoms with E-state index < -0.39 is 12.0 Å². The number of nitrogens with one attached hydrogen (secondary N) is 1. The molecule has 84 valence electrons. The number of hydrogen-bond acceptors (Lipinski definition) is 5. The highest BCUT2D eigenvalue weighted by molar-refractivity contribution is 5.77. The van der Waals surface area contributed by atoms with Gasteiger partial charge in [-0.2, -0.15) is 4.98 Å². The Hall–Kier alpha value is -2.29. The van der Waals surface area contributed by atoms with Crippen LogP contribution in [0.2, 0.25) is 0 Å². The van der Waals surface area contributed by atoms with E-state index in [4.69, 9.17) is 16.3 Å². The number of carboxylic acids is 1. The van der Waals surface area contributed by atoms with Crippen molar-refractivity contribution in [3.05, 3.63) is 12.4 Å². The summed E-state index contributed by atoms with van der Waals surface area (Å²) in [6, 6.07) is -0.883. The van der Waals surface area contributed by atoms with Crippen molar-refractivity contribution < 1.29 is 14.6 Å². The van der Waals surface area contributed by atoms with Crippen molar-refractivity contribution in [3.8, 4) is 18.2 Å². The molecule has 0 fully saturated rings. The number of aliphatic carboxylic acids is 1. The first kappa shape index (κ1) is 11.8. The zero-order valence-electron chi connectivity index (χ0n) is 8.67. The molecule has 0 aliphatic rings. The van der Waals surface area contributed by atoms with Crippen LogP contribution in [0.4, 0.5) is 5.82 Å². The van der Waals surface area contributed by atoms with E-state index in [2.05, 4.69) is 21.2 Å². The Morgan fingerprint density at radius 3 is 3.06 bits per heavy atom. The van der Waals surface area contributed by atoms with Crippen LogP contribution in [0, 0.1) is 12.3 Å². The number of carbonyl (C=O) groups is 1. The molecule has 1 rings (SSSR count).